The minimum atomic E-state index is -0.454. The summed E-state index contributed by atoms with van der Waals surface area (Å²) in [6, 6.07) is 9.38. The number of amides is 2. The van der Waals surface area contributed by atoms with Crippen LogP contribution in [-0.2, 0) is 6.42 Å². The van der Waals surface area contributed by atoms with Gasteiger partial charge in [0.05, 0.1) is 13.1 Å². The van der Waals surface area contributed by atoms with Crippen LogP contribution in [0.2, 0.25) is 0 Å². The van der Waals surface area contributed by atoms with Gasteiger partial charge in [0.1, 0.15) is 5.75 Å². The van der Waals surface area contributed by atoms with Gasteiger partial charge in [0.25, 0.3) is 0 Å². The van der Waals surface area contributed by atoms with Gasteiger partial charge >= 0.3 is 6.03 Å². The molecule has 0 spiro atoms. The van der Waals surface area contributed by atoms with Crippen molar-refractivity contribution < 1.29 is 9.90 Å². The van der Waals surface area contributed by atoms with E-state index in [9.17, 15) is 9.90 Å². The Morgan fingerprint density at radius 2 is 1.76 bits per heavy atom. The van der Waals surface area contributed by atoms with Gasteiger partial charge in [-0.2, -0.15) is 0 Å². The summed E-state index contributed by atoms with van der Waals surface area (Å²) in [5.41, 5.74) is 7.85. The van der Waals surface area contributed by atoms with E-state index in [0.29, 0.717) is 12.1 Å². The number of hydrogen-bond acceptors (Lipinski definition) is 3. The second kappa shape index (κ2) is 8.23. The zero-order valence-corrected chi connectivity index (χ0v) is 13.3. The van der Waals surface area contributed by atoms with E-state index in [2.05, 4.69) is 32.8 Å². The van der Waals surface area contributed by atoms with Crippen LogP contribution in [0.15, 0.2) is 36.4 Å². The topological polar surface area (TPSA) is 82.1 Å². The summed E-state index contributed by atoms with van der Waals surface area (Å²) in [5, 5.41) is 11.9. The Labute approximate surface area is 145 Å². The first kappa shape index (κ1) is 17.6. The van der Waals surface area contributed by atoms with Crippen LogP contribution in [0.1, 0.15) is 11.1 Å². The lowest BCUT2D eigenvalue weighted by Gasteiger charge is -2.15. The zero-order chi connectivity index (χ0) is 18.2. The number of anilines is 1. The number of urea groups is 1. The van der Waals surface area contributed by atoms with Crippen LogP contribution in [0.25, 0.3) is 9.69 Å². The van der Waals surface area contributed by atoms with Crippen molar-refractivity contribution in [3.63, 3.8) is 0 Å². The Balaban J connectivity index is 2.34. The van der Waals surface area contributed by atoms with E-state index < -0.39 is 6.03 Å². The second-order valence-electron chi connectivity index (χ2n) is 5.07. The largest absolute Gasteiger partial charge is 0.508 e. The number of phenols is 1. The average molecular weight is 334 g/mol. The molecule has 1 radical (unpaired) electrons. The Kier molecular flexibility index (Phi) is 5.81. The Hall–Kier alpha value is -3.71. The Morgan fingerprint density at radius 3 is 2.36 bits per heavy atom. The van der Waals surface area contributed by atoms with Gasteiger partial charge in [-0.1, -0.05) is 18.2 Å². The van der Waals surface area contributed by atoms with Gasteiger partial charge in [0.2, 0.25) is 0 Å². The number of aromatic hydroxyl groups is 1. The molecule has 2 aromatic carbocycles. The maximum atomic E-state index is 11.5. The molecule has 0 atom stereocenters. The predicted molar refractivity (Wildman–Crippen MR) is 95.4 cm³/mol. The summed E-state index contributed by atoms with van der Waals surface area (Å²) in [7, 11) is 0. The van der Waals surface area contributed by atoms with Crippen LogP contribution < -0.4 is 16.2 Å². The third-order valence-electron chi connectivity index (χ3n) is 3.37. The Bertz CT molecular complexity index is 847. The van der Waals surface area contributed by atoms with Crippen molar-refractivity contribution in [3.8, 4) is 5.75 Å². The van der Waals surface area contributed by atoms with E-state index in [1.165, 1.54) is 6.07 Å². The van der Waals surface area contributed by atoms with Crippen molar-refractivity contribution >= 4 is 23.1 Å². The summed E-state index contributed by atoms with van der Waals surface area (Å²) in [5.74, 6) is 0.166. The van der Waals surface area contributed by atoms with Gasteiger partial charge < -0.3 is 10.4 Å². The number of phenolic OH excluding ortho intramolecular Hbond substituents is 1. The van der Waals surface area contributed by atoms with Crippen LogP contribution in [0.5, 0.6) is 5.75 Å². The van der Waals surface area contributed by atoms with Crippen molar-refractivity contribution in [1.29, 1.82) is 0 Å². The van der Waals surface area contributed by atoms with Crippen molar-refractivity contribution in [2.45, 2.75) is 6.42 Å². The summed E-state index contributed by atoms with van der Waals surface area (Å²) in [6.45, 7) is 18.2. The van der Waals surface area contributed by atoms with E-state index in [4.69, 9.17) is 13.1 Å². The maximum Gasteiger partial charge on any atom is 0.333 e. The number of nitrogens with zero attached hydrogens (tertiary/aromatic N) is 2. The fraction of sp³-hybridized carbons (Fsp3) is 0.111. The molecular formula is C18H16N5O2. The molecule has 25 heavy (non-hydrogen) atoms. The molecule has 0 bridgehead atoms. The highest BCUT2D eigenvalue weighted by Crippen LogP contribution is 2.35. The number of nitrogens with one attached hydrogen (secondary N) is 3. The molecule has 2 aromatic rings. The van der Waals surface area contributed by atoms with E-state index in [1.54, 1.807) is 30.3 Å². The second-order valence-corrected chi connectivity index (χ2v) is 5.07. The molecule has 0 unspecified atom stereocenters. The Morgan fingerprint density at radius 1 is 1.12 bits per heavy atom. The highest BCUT2D eigenvalue weighted by molar-refractivity contribution is 5.80. The highest BCUT2D eigenvalue weighted by Gasteiger charge is 2.11. The lowest BCUT2D eigenvalue weighted by atomic mass is 10.0. The number of benzene rings is 2. The van der Waals surface area contributed by atoms with E-state index in [0.717, 1.165) is 11.1 Å². The van der Waals surface area contributed by atoms with Crippen molar-refractivity contribution in [2.75, 3.05) is 12.0 Å². The third-order valence-corrected chi connectivity index (χ3v) is 3.37. The highest BCUT2D eigenvalue weighted by atomic mass is 16.3. The predicted octanol–water partition coefficient (Wildman–Crippen LogP) is 3.54. The molecular weight excluding hydrogens is 318 g/mol. The number of carbonyl (C=O) groups excluding carboxylic acids is 1. The first-order valence-electron chi connectivity index (χ1n) is 7.36. The number of hydrazine groups is 1. The monoisotopic (exact) mass is 334 g/mol. The van der Waals surface area contributed by atoms with Gasteiger partial charge in [-0.3, -0.25) is 20.5 Å². The molecule has 0 aliphatic carbocycles. The van der Waals surface area contributed by atoms with E-state index >= 15 is 0 Å². The van der Waals surface area contributed by atoms with Crippen molar-refractivity contribution in [3.05, 3.63) is 77.3 Å². The van der Waals surface area contributed by atoms with Crippen molar-refractivity contribution in [2.24, 2.45) is 0 Å². The maximum absolute atomic E-state index is 11.5. The van der Waals surface area contributed by atoms with Gasteiger partial charge in [0.15, 0.2) is 11.4 Å². The molecule has 2 rings (SSSR count). The molecule has 0 aliphatic rings. The molecule has 0 aromatic heterocycles. The molecule has 7 nitrogen and oxygen atoms in total. The molecule has 0 heterocycles. The molecule has 0 saturated carbocycles. The lowest BCUT2D eigenvalue weighted by Crippen LogP contribution is -2.39. The van der Waals surface area contributed by atoms with E-state index in [1.807, 2.05) is 0 Å². The summed E-state index contributed by atoms with van der Waals surface area (Å²) in [4.78, 5) is 18.3. The first-order chi connectivity index (χ1) is 12.1. The molecule has 0 saturated heterocycles. The quantitative estimate of drug-likeness (QED) is 0.498. The first-order valence-corrected chi connectivity index (χ1v) is 7.36. The van der Waals surface area contributed by atoms with Gasteiger partial charge in [-0.15, -0.1) is 0 Å². The van der Waals surface area contributed by atoms with Crippen LogP contribution in [0.4, 0.5) is 21.9 Å². The summed E-state index contributed by atoms with van der Waals surface area (Å²) >= 11 is 0. The molecule has 125 valence electrons. The molecule has 4 N–H and O–H groups in total. The van der Waals surface area contributed by atoms with Crippen LogP contribution in [0.3, 0.4) is 0 Å². The summed E-state index contributed by atoms with van der Waals surface area (Å²) in [6.07, 6.45) is 0.460. The number of carbonyl (C=O) groups is 1. The van der Waals surface area contributed by atoms with Crippen molar-refractivity contribution in [1.82, 2.24) is 10.7 Å². The SMILES string of the molecule is [C-]#[N+]c1cc(Cc2ccc(O)cc2)c(NNC(=O)NC[CH2])cc1[N+]#[C-]. The third kappa shape index (κ3) is 4.63. The summed E-state index contributed by atoms with van der Waals surface area (Å²) < 4.78 is 0. The van der Waals surface area contributed by atoms with Gasteiger partial charge in [0, 0.05) is 12.2 Å². The minimum Gasteiger partial charge on any atom is -0.508 e. The molecule has 7 heteroatoms. The molecule has 2 amide bonds. The van der Waals surface area contributed by atoms with Gasteiger partial charge in [-0.05, 0) is 42.7 Å². The van der Waals surface area contributed by atoms with Gasteiger partial charge in [-0.25, -0.2) is 4.79 Å². The zero-order valence-electron chi connectivity index (χ0n) is 13.3. The average Bonchev–Trinajstić information content (AvgIpc) is 2.62. The van der Waals surface area contributed by atoms with Crippen LogP contribution >= 0.6 is 0 Å². The fourth-order valence-electron chi connectivity index (χ4n) is 2.18. The smallest absolute Gasteiger partial charge is 0.333 e. The normalized spacial score (nSPS) is 9.56. The van der Waals surface area contributed by atoms with E-state index in [-0.39, 0.29) is 23.7 Å². The number of rotatable bonds is 5. The minimum absolute atomic E-state index is 0.166. The van der Waals surface area contributed by atoms with Crippen LogP contribution in [0, 0.1) is 20.1 Å². The standard InChI is InChI=1S/C18H16N5O2/c1-4-21-18(25)23-22-15-11-17(20-3)16(19-2)10-13(15)9-12-5-7-14(24)8-6-12/h5-8,10-11,22,24H,1,4,9H2,(H2,21,23,25). The molecule has 0 aliphatic heterocycles. The van der Waals surface area contributed by atoms with Crippen LogP contribution in [-0.4, -0.2) is 17.7 Å². The lowest BCUT2D eigenvalue weighted by molar-refractivity contribution is 0.244. The number of hydrogen-bond donors (Lipinski definition) is 4. The molecule has 0 fully saturated rings. The fourth-order valence-corrected chi connectivity index (χ4v) is 2.18.